The number of hydrogen-bond acceptors (Lipinski definition) is 4. The fraction of sp³-hybridized carbons (Fsp3) is 0.333. The van der Waals surface area contributed by atoms with Gasteiger partial charge in [-0.05, 0) is 26.0 Å². The average Bonchev–Trinajstić information content (AvgIpc) is 2.83. The van der Waals surface area contributed by atoms with Gasteiger partial charge in [-0.15, -0.1) is 0 Å². The van der Waals surface area contributed by atoms with E-state index in [9.17, 15) is 4.39 Å². The highest BCUT2D eigenvalue weighted by molar-refractivity contribution is 5.72. The summed E-state index contributed by atoms with van der Waals surface area (Å²) in [6, 6.07) is 2.96. The first-order valence-corrected chi connectivity index (χ1v) is 6.58. The van der Waals surface area contributed by atoms with Gasteiger partial charge >= 0.3 is 0 Å². The van der Waals surface area contributed by atoms with Crippen LogP contribution < -0.4 is 10.5 Å². The molecule has 4 nitrogen and oxygen atoms in total. The minimum Gasteiger partial charge on any atom is -0.488 e. The lowest BCUT2D eigenvalue weighted by molar-refractivity contribution is 0.242. The molecule has 0 saturated heterocycles. The summed E-state index contributed by atoms with van der Waals surface area (Å²) in [5.74, 6) is 0.396. The van der Waals surface area contributed by atoms with Gasteiger partial charge < -0.3 is 10.5 Å². The number of nitrogens with two attached hydrogens (primary N) is 1. The molecular formula is C15H16FN3O. The monoisotopic (exact) mass is 273 g/mol. The topological polar surface area (TPSA) is 61.0 Å². The molecule has 0 spiro atoms. The third kappa shape index (κ3) is 2.14. The number of aromatic nitrogens is 2. The highest BCUT2D eigenvalue weighted by Gasteiger charge is 2.27. The molecule has 0 radical (unpaired) electrons. The molecule has 0 bridgehead atoms. The van der Waals surface area contributed by atoms with Gasteiger partial charge in [0.25, 0.3) is 0 Å². The normalized spacial score (nSPS) is 16.9. The Labute approximate surface area is 116 Å². The molecule has 0 aliphatic carbocycles. The molecule has 1 aromatic carbocycles. The largest absolute Gasteiger partial charge is 0.488 e. The SMILES string of the molecule is Cc1cnc(C)c(-c2cc(F)cc3c2O[C@@H](CN)C3)n1. The molecule has 20 heavy (non-hydrogen) atoms. The van der Waals surface area contributed by atoms with Gasteiger partial charge in [0.2, 0.25) is 0 Å². The Balaban J connectivity index is 2.18. The Bertz CT molecular complexity index is 672. The first-order valence-electron chi connectivity index (χ1n) is 6.58. The first-order chi connectivity index (χ1) is 9.58. The van der Waals surface area contributed by atoms with Crippen molar-refractivity contribution in [3.8, 4) is 17.0 Å². The maximum atomic E-state index is 13.8. The molecule has 0 fully saturated rings. The van der Waals surface area contributed by atoms with Crippen molar-refractivity contribution in [3.63, 3.8) is 0 Å². The Morgan fingerprint density at radius 3 is 2.95 bits per heavy atom. The summed E-state index contributed by atoms with van der Waals surface area (Å²) in [5, 5.41) is 0. The van der Waals surface area contributed by atoms with E-state index in [2.05, 4.69) is 9.97 Å². The smallest absolute Gasteiger partial charge is 0.132 e. The van der Waals surface area contributed by atoms with E-state index in [0.29, 0.717) is 30.0 Å². The van der Waals surface area contributed by atoms with E-state index in [4.69, 9.17) is 10.5 Å². The Morgan fingerprint density at radius 1 is 1.40 bits per heavy atom. The maximum absolute atomic E-state index is 13.8. The van der Waals surface area contributed by atoms with Crippen molar-refractivity contribution in [2.75, 3.05) is 6.54 Å². The molecule has 1 atom stereocenters. The van der Waals surface area contributed by atoms with E-state index in [1.807, 2.05) is 13.8 Å². The van der Waals surface area contributed by atoms with Crippen LogP contribution in [0.15, 0.2) is 18.3 Å². The van der Waals surface area contributed by atoms with Gasteiger partial charge in [0.1, 0.15) is 17.7 Å². The molecule has 2 aromatic rings. The molecular weight excluding hydrogens is 257 g/mol. The quantitative estimate of drug-likeness (QED) is 0.911. The number of hydrogen-bond donors (Lipinski definition) is 1. The highest BCUT2D eigenvalue weighted by atomic mass is 19.1. The van der Waals surface area contributed by atoms with Gasteiger partial charge in [-0.2, -0.15) is 0 Å². The van der Waals surface area contributed by atoms with Crippen molar-refractivity contribution in [2.24, 2.45) is 5.73 Å². The van der Waals surface area contributed by atoms with E-state index >= 15 is 0 Å². The zero-order valence-electron chi connectivity index (χ0n) is 11.5. The Hall–Kier alpha value is -2.01. The number of benzene rings is 1. The van der Waals surface area contributed by atoms with Crippen molar-refractivity contribution in [2.45, 2.75) is 26.4 Å². The van der Waals surface area contributed by atoms with Crippen LogP contribution in [0.1, 0.15) is 17.0 Å². The number of nitrogens with zero attached hydrogens (tertiary/aromatic N) is 2. The summed E-state index contributed by atoms with van der Waals surface area (Å²) < 4.78 is 19.7. The van der Waals surface area contributed by atoms with Crippen molar-refractivity contribution in [1.29, 1.82) is 0 Å². The van der Waals surface area contributed by atoms with Crippen LogP contribution in [0.4, 0.5) is 4.39 Å². The van der Waals surface area contributed by atoms with Crippen LogP contribution >= 0.6 is 0 Å². The second-order valence-corrected chi connectivity index (χ2v) is 5.07. The zero-order chi connectivity index (χ0) is 14.3. The van der Waals surface area contributed by atoms with Crippen LogP contribution in [-0.4, -0.2) is 22.6 Å². The van der Waals surface area contributed by atoms with E-state index < -0.39 is 0 Å². The molecule has 1 aromatic heterocycles. The standard InChI is InChI=1S/C15H16FN3O/c1-8-7-18-9(2)14(19-8)13-5-11(16)3-10-4-12(6-17)20-15(10)13/h3,5,7,12H,4,6,17H2,1-2H3/t12-/m1/s1. The van der Waals surface area contributed by atoms with Crippen LogP contribution in [0.2, 0.25) is 0 Å². The maximum Gasteiger partial charge on any atom is 0.132 e. The third-order valence-corrected chi connectivity index (χ3v) is 3.46. The number of fused-ring (bicyclic) bond motifs is 1. The minimum atomic E-state index is -0.289. The molecule has 3 rings (SSSR count). The Morgan fingerprint density at radius 2 is 2.20 bits per heavy atom. The number of aryl methyl sites for hydroxylation is 2. The van der Waals surface area contributed by atoms with Gasteiger partial charge in [0.05, 0.1) is 17.1 Å². The van der Waals surface area contributed by atoms with E-state index in [1.165, 1.54) is 12.1 Å². The fourth-order valence-corrected chi connectivity index (χ4v) is 2.49. The summed E-state index contributed by atoms with van der Waals surface area (Å²) in [7, 11) is 0. The lowest BCUT2D eigenvalue weighted by Gasteiger charge is -2.12. The second kappa shape index (κ2) is 4.83. The fourth-order valence-electron chi connectivity index (χ4n) is 2.49. The van der Waals surface area contributed by atoms with Crippen LogP contribution in [0, 0.1) is 19.7 Å². The van der Waals surface area contributed by atoms with E-state index in [1.54, 1.807) is 6.20 Å². The van der Waals surface area contributed by atoms with Crippen molar-refractivity contribution in [1.82, 2.24) is 9.97 Å². The minimum absolute atomic E-state index is 0.0939. The van der Waals surface area contributed by atoms with Gasteiger partial charge in [-0.3, -0.25) is 4.98 Å². The average molecular weight is 273 g/mol. The lowest BCUT2D eigenvalue weighted by atomic mass is 10.0. The predicted molar refractivity (Wildman–Crippen MR) is 74.1 cm³/mol. The molecule has 2 heterocycles. The van der Waals surface area contributed by atoms with Crippen LogP contribution in [0.25, 0.3) is 11.3 Å². The van der Waals surface area contributed by atoms with E-state index in [0.717, 1.165) is 17.0 Å². The molecule has 0 amide bonds. The first kappa shape index (κ1) is 13.0. The van der Waals surface area contributed by atoms with Gasteiger partial charge in [-0.25, -0.2) is 9.37 Å². The number of halogens is 1. The van der Waals surface area contributed by atoms with Crippen LogP contribution in [-0.2, 0) is 6.42 Å². The predicted octanol–water partition coefficient (Wildman–Crippen LogP) is 2.16. The zero-order valence-corrected chi connectivity index (χ0v) is 11.5. The van der Waals surface area contributed by atoms with Crippen molar-refractivity contribution < 1.29 is 9.13 Å². The summed E-state index contributed by atoms with van der Waals surface area (Å²) in [6.45, 7) is 4.13. The highest BCUT2D eigenvalue weighted by Crippen LogP contribution is 2.39. The van der Waals surface area contributed by atoms with Crippen LogP contribution in [0.3, 0.4) is 0 Å². The van der Waals surface area contributed by atoms with Crippen molar-refractivity contribution in [3.05, 3.63) is 41.1 Å². The van der Waals surface area contributed by atoms with Gasteiger partial charge in [0.15, 0.2) is 0 Å². The van der Waals surface area contributed by atoms with Gasteiger partial charge in [0, 0.05) is 30.3 Å². The summed E-state index contributed by atoms with van der Waals surface area (Å²) in [5.41, 5.74) is 9.36. The molecule has 104 valence electrons. The van der Waals surface area contributed by atoms with Crippen molar-refractivity contribution >= 4 is 0 Å². The molecule has 1 aliphatic rings. The Kier molecular flexibility index (Phi) is 3.14. The van der Waals surface area contributed by atoms with E-state index in [-0.39, 0.29) is 11.9 Å². The number of ether oxygens (including phenoxy) is 1. The lowest BCUT2D eigenvalue weighted by Crippen LogP contribution is -2.24. The van der Waals surface area contributed by atoms with Crippen LogP contribution in [0.5, 0.6) is 5.75 Å². The van der Waals surface area contributed by atoms with Gasteiger partial charge in [-0.1, -0.05) is 0 Å². The summed E-state index contributed by atoms with van der Waals surface area (Å²) in [6.07, 6.45) is 2.24. The number of rotatable bonds is 2. The molecule has 0 unspecified atom stereocenters. The molecule has 2 N–H and O–H groups in total. The molecule has 0 saturated carbocycles. The summed E-state index contributed by atoms with van der Waals surface area (Å²) in [4.78, 5) is 8.76. The molecule has 5 heteroatoms. The summed E-state index contributed by atoms with van der Waals surface area (Å²) >= 11 is 0. The second-order valence-electron chi connectivity index (χ2n) is 5.07. The third-order valence-electron chi connectivity index (χ3n) is 3.46. The molecule has 1 aliphatic heterocycles.